The van der Waals surface area contributed by atoms with E-state index in [4.69, 9.17) is 21.8 Å². The van der Waals surface area contributed by atoms with E-state index in [0.29, 0.717) is 16.0 Å². The van der Waals surface area contributed by atoms with Gasteiger partial charge in [-0.25, -0.2) is 9.59 Å². The fourth-order valence-electron chi connectivity index (χ4n) is 3.69. The van der Waals surface area contributed by atoms with Gasteiger partial charge < -0.3 is 15.3 Å². The first-order valence-corrected chi connectivity index (χ1v) is 9.65. The van der Waals surface area contributed by atoms with Crippen LogP contribution in [0, 0.1) is 0 Å². The van der Waals surface area contributed by atoms with Crippen molar-refractivity contribution >= 4 is 28.4 Å². The second-order valence-electron chi connectivity index (χ2n) is 7.14. The maximum Gasteiger partial charge on any atom is 0.344 e. The van der Waals surface area contributed by atoms with E-state index >= 15 is 0 Å². The smallest absolute Gasteiger partial charge is 0.344 e. The van der Waals surface area contributed by atoms with Crippen LogP contribution in [0.15, 0.2) is 67.3 Å². The standard InChI is InChI=1S/C22H18ClN3O5/c1-25-19(24)17(20(28)26(2)22(25)30)15(11-7-9-12(23)10-8-11)16-18(27)13-5-3-4-6-14(13)31-21(16)29/h3-10,15,27H,24H2,1-2H3. The molecule has 3 N–H and O–H groups in total. The van der Waals surface area contributed by atoms with Crippen LogP contribution in [0.2, 0.25) is 5.02 Å². The van der Waals surface area contributed by atoms with E-state index in [0.717, 1.165) is 9.13 Å². The zero-order chi connectivity index (χ0) is 22.4. The van der Waals surface area contributed by atoms with Crippen molar-refractivity contribution in [3.05, 3.63) is 102 Å². The van der Waals surface area contributed by atoms with Crippen LogP contribution in [0.1, 0.15) is 22.6 Å². The molecule has 4 rings (SSSR count). The number of aromatic nitrogens is 2. The van der Waals surface area contributed by atoms with Gasteiger partial charge in [-0.2, -0.15) is 0 Å². The van der Waals surface area contributed by atoms with Crippen LogP contribution >= 0.6 is 11.6 Å². The number of halogens is 1. The molecule has 0 amide bonds. The molecule has 0 aliphatic carbocycles. The van der Waals surface area contributed by atoms with Crippen molar-refractivity contribution in [2.75, 3.05) is 5.73 Å². The molecule has 0 aliphatic heterocycles. The molecule has 0 saturated heterocycles. The summed E-state index contributed by atoms with van der Waals surface area (Å²) in [5, 5.41) is 11.8. The molecule has 0 saturated carbocycles. The van der Waals surface area contributed by atoms with E-state index in [1.54, 1.807) is 48.5 Å². The van der Waals surface area contributed by atoms with Gasteiger partial charge in [-0.05, 0) is 29.8 Å². The van der Waals surface area contributed by atoms with Gasteiger partial charge in [0.1, 0.15) is 17.2 Å². The monoisotopic (exact) mass is 439 g/mol. The number of nitrogens with two attached hydrogens (primary N) is 1. The molecule has 1 unspecified atom stereocenters. The summed E-state index contributed by atoms with van der Waals surface area (Å²) in [7, 11) is 2.73. The van der Waals surface area contributed by atoms with Crippen LogP contribution in [-0.4, -0.2) is 14.2 Å². The number of para-hydroxylation sites is 1. The molecule has 2 aromatic heterocycles. The first kappa shape index (κ1) is 20.5. The Morgan fingerprint density at radius 3 is 2.29 bits per heavy atom. The van der Waals surface area contributed by atoms with Gasteiger partial charge in [-0.15, -0.1) is 0 Å². The zero-order valence-corrected chi connectivity index (χ0v) is 17.4. The van der Waals surface area contributed by atoms with Crippen LogP contribution in [0.5, 0.6) is 5.75 Å². The molecule has 0 aliphatic rings. The maximum atomic E-state index is 13.1. The highest BCUT2D eigenvalue weighted by Crippen LogP contribution is 2.38. The molecule has 4 aromatic rings. The number of aromatic hydroxyl groups is 1. The van der Waals surface area contributed by atoms with Crippen LogP contribution in [0.25, 0.3) is 11.0 Å². The highest BCUT2D eigenvalue weighted by molar-refractivity contribution is 6.30. The molecule has 0 radical (unpaired) electrons. The van der Waals surface area contributed by atoms with Crippen LogP contribution < -0.4 is 22.6 Å². The minimum Gasteiger partial charge on any atom is -0.507 e. The van der Waals surface area contributed by atoms with Gasteiger partial charge in [0.15, 0.2) is 0 Å². The fraction of sp³-hybridized carbons (Fsp3) is 0.136. The SMILES string of the molecule is Cn1c(N)c(C(c2ccc(Cl)cc2)c2c(O)c3ccccc3oc2=O)c(=O)n(C)c1=O. The van der Waals surface area contributed by atoms with Crippen LogP contribution in [-0.2, 0) is 14.1 Å². The lowest BCUT2D eigenvalue weighted by Gasteiger charge is -2.21. The van der Waals surface area contributed by atoms with Crippen LogP contribution in [0.4, 0.5) is 5.82 Å². The molecule has 2 heterocycles. The van der Waals surface area contributed by atoms with Crippen molar-refractivity contribution in [3.8, 4) is 5.75 Å². The molecule has 1 atom stereocenters. The average molecular weight is 440 g/mol. The first-order valence-electron chi connectivity index (χ1n) is 9.28. The summed E-state index contributed by atoms with van der Waals surface area (Å²) in [6.07, 6.45) is 0. The van der Waals surface area contributed by atoms with E-state index < -0.39 is 22.8 Å². The number of rotatable bonds is 3. The topological polar surface area (TPSA) is 120 Å². The van der Waals surface area contributed by atoms with Crippen LogP contribution in [0.3, 0.4) is 0 Å². The van der Waals surface area contributed by atoms with Gasteiger partial charge in [0, 0.05) is 19.1 Å². The molecule has 0 spiro atoms. The predicted molar refractivity (Wildman–Crippen MR) is 118 cm³/mol. The van der Waals surface area contributed by atoms with E-state index in [-0.39, 0.29) is 28.3 Å². The Morgan fingerprint density at radius 2 is 1.61 bits per heavy atom. The van der Waals surface area contributed by atoms with E-state index in [1.807, 2.05) is 0 Å². The number of hydrogen-bond donors (Lipinski definition) is 2. The molecule has 9 heteroatoms. The second-order valence-corrected chi connectivity index (χ2v) is 7.57. The fourth-order valence-corrected chi connectivity index (χ4v) is 3.82. The lowest BCUT2D eigenvalue weighted by Crippen LogP contribution is -2.41. The Hall–Kier alpha value is -3.78. The lowest BCUT2D eigenvalue weighted by molar-refractivity contribution is 0.454. The van der Waals surface area contributed by atoms with Crippen molar-refractivity contribution in [1.29, 1.82) is 0 Å². The minimum atomic E-state index is -1.11. The number of anilines is 1. The van der Waals surface area contributed by atoms with Gasteiger partial charge in [0.2, 0.25) is 0 Å². The van der Waals surface area contributed by atoms with Crippen molar-refractivity contribution in [3.63, 3.8) is 0 Å². The molecule has 158 valence electrons. The summed E-state index contributed by atoms with van der Waals surface area (Å²) in [5.41, 5.74) is 4.51. The third-order valence-electron chi connectivity index (χ3n) is 5.35. The third kappa shape index (κ3) is 3.21. The summed E-state index contributed by atoms with van der Waals surface area (Å²) < 4.78 is 7.43. The Kier molecular flexibility index (Phi) is 4.94. The Morgan fingerprint density at radius 1 is 0.968 bits per heavy atom. The predicted octanol–water partition coefficient (Wildman–Crippen LogP) is 2.31. The maximum absolute atomic E-state index is 13.1. The van der Waals surface area contributed by atoms with Gasteiger partial charge >= 0.3 is 11.3 Å². The third-order valence-corrected chi connectivity index (χ3v) is 5.60. The molecule has 31 heavy (non-hydrogen) atoms. The second kappa shape index (κ2) is 7.48. The first-order chi connectivity index (χ1) is 14.7. The number of nitrogens with zero attached hydrogens (tertiary/aromatic N) is 2. The Bertz CT molecular complexity index is 1500. The summed E-state index contributed by atoms with van der Waals surface area (Å²) in [6.45, 7) is 0. The van der Waals surface area contributed by atoms with Crippen molar-refractivity contribution in [2.45, 2.75) is 5.92 Å². The molecular formula is C22H18ClN3O5. The van der Waals surface area contributed by atoms with E-state index in [2.05, 4.69) is 0 Å². The summed E-state index contributed by atoms with van der Waals surface area (Å²) in [6, 6.07) is 12.9. The Balaban J connectivity index is 2.17. The van der Waals surface area contributed by atoms with E-state index in [1.165, 1.54) is 14.1 Å². The molecule has 0 fully saturated rings. The summed E-state index contributed by atoms with van der Waals surface area (Å²) in [4.78, 5) is 38.4. The molecule has 8 nitrogen and oxygen atoms in total. The average Bonchev–Trinajstić information content (AvgIpc) is 2.76. The molecular weight excluding hydrogens is 422 g/mol. The van der Waals surface area contributed by atoms with Crippen molar-refractivity contribution in [2.24, 2.45) is 14.1 Å². The Labute approximate surface area is 180 Å². The number of fused-ring (bicyclic) bond motifs is 1. The number of nitrogen functional groups attached to an aromatic ring is 1. The van der Waals surface area contributed by atoms with Gasteiger partial charge in [0.25, 0.3) is 5.56 Å². The van der Waals surface area contributed by atoms with Gasteiger partial charge in [0.05, 0.1) is 22.4 Å². The highest BCUT2D eigenvalue weighted by Gasteiger charge is 2.31. The molecule has 2 aromatic carbocycles. The molecule has 0 bridgehead atoms. The summed E-state index contributed by atoms with van der Waals surface area (Å²) >= 11 is 6.02. The highest BCUT2D eigenvalue weighted by atomic mass is 35.5. The van der Waals surface area contributed by atoms with Crippen molar-refractivity contribution in [1.82, 2.24) is 9.13 Å². The van der Waals surface area contributed by atoms with E-state index in [9.17, 15) is 19.5 Å². The summed E-state index contributed by atoms with van der Waals surface area (Å²) in [5.74, 6) is -1.56. The normalized spacial score (nSPS) is 12.2. The quantitative estimate of drug-likeness (QED) is 0.472. The van der Waals surface area contributed by atoms with Gasteiger partial charge in [-0.3, -0.25) is 13.9 Å². The zero-order valence-electron chi connectivity index (χ0n) is 16.6. The van der Waals surface area contributed by atoms with Crippen molar-refractivity contribution < 1.29 is 9.52 Å². The van der Waals surface area contributed by atoms with Gasteiger partial charge in [-0.1, -0.05) is 35.9 Å². The lowest BCUT2D eigenvalue weighted by atomic mass is 9.85. The number of benzene rings is 2. The largest absolute Gasteiger partial charge is 0.507 e. The minimum absolute atomic E-state index is 0.0372. The number of hydrogen-bond acceptors (Lipinski definition) is 6.